The molecule has 0 amide bonds. The summed E-state index contributed by atoms with van der Waals surface area (Å²) in [7, 11) is 2.04. The number of rotatable bonds is 2. The molecule has 0 saturated carbocycles. The zero-order valence-electron chi connectivity index (χ0n) is 9.39. The van der Waals surface area contributed by atoms with Gasteiger partial charge in [0.15, 0.2) is 0 Å². The molecule has 0 radical (unpaired) electrons. The van der Waals surface area contributed by atoms with Crippen molar-refractivity contribution >= 4 is 15.9 Å². The highest BCUT2D eigenvalue weighted by molar-refractivity contribution is 9.10. The van der Waals surface area contributed by atoms with Crippen LogP contribution < -0.4 is 5.32 Å². The predicted molar refractivity (Wildman–Crippen MR) is 68.3 cm³/mol. The lowest BCUT2D eigenvalue weighted by molar-refractivity contribution is 0.392. The molecule has 15 heavy (non-hydrogen) atoms. The second-order valence-corrected chi connectivity index (χ2v) is 5.44. The van der Waals surface area contributed by atoms with E-state index in [2.05, 4.69) is 46.4 Å². The number of likely N-dealkylation sites (N-methyl/N-ethyl adjacent to an activating group) is 1. The normalized spacial score (nSPS) is 25.0. The van der Waals surface area contributed by atoms with Crippen molar-refractivity contribution in [2.45, 2.75) is 25.7 Å². The van der Waals surface area contributed by atoms with Gasteiger partial charge < -0.3 is 5.32 Å². The molecule has 0 bridgehead atoms. The molecule has 0 aliphatic heterocycles. The number of fused-ring (bicyclic) bond motifs is 1. The Hall–Kier alpha value is -0.340. The summed E-state index contributed by atoms with van der Waals surface area (Å²) >= 11 is 3.57. The average molecular weight is 268 g/mol. The van der Waals surface area contributed by atoms with Crippen LogP contribution in [0.15, 0.2) is 22.7 Å². The smallest absolute Gasteiger partial charge is 0.0178 e. The summed E-state index contributed by atoms with van der Waals surface area (Å²) in [5, 5.41) is 3.31. The Kier molecular flexibility index (Phi) is 3.47. The van der Waals surface area contributed by atoms with Crippen LogP contribution in [0, 0.1) is 5.92 Å². The first-order valence-corrected chi connectivity index (χ1v) is 6.44. The standard InChI is InChI=1S/C13H18BrN/c1-9-3-4-10-5-6-11(14)7-12(10)13(9)8-15-2/h5-7,9,13,15H,3-4,8H2,1-2H3. The van der Waals surface area contributed by atoms with Gasteiger partial charge in [0.1, 0.15) is 0 Å². The van der Waals surface area contributed by atoms with E-state index in [9.17, 15) is 0 Å². The van der Waals surface area contributed by atoms with Crippen molar-refractivity contribution in [1.82, 2.24) is 5.32 Å². The molecule has 2 unspecified atom stereocenters. The Morgan fingerprint density at radius 1 is 1.47 bits per heavy atom. The topological polar surface area (TPSA) is 12.0 Å². The monoisotopic (exact) mass is 267 g/mol. The summed E-state index contributed by atoms with van der Waals surface area (Å²) in [5.41, 5.74) is 3.08. The average Bonchev–Trinajstić information content (AvgIpc) is 2.23. The number of halogens is 1. The Balaban J connectivity index is 2.36. The minimum Gasteiger partial charge on any atom is -0.319 e. The first kappa shape index (κ1) is 11.2. The van der Waals surface area contributed by atoms with Crippen molar-refractivity contribution in [3.05, 3.63) is 33.8 Å². The molecule has 2 heteroatoms. The molecule has 1 aliphatic rings. The molecule has 0 saturated heterocycles. The summed E-state index contributed by atoms with van der Waals surface area (Å²) in [6.07, 6.45) is 2.56. The third-order valence-corrected chi connectivity index (χ3v) is 3.98. The van der Waals surface area contributed by atoms with E-state index in [0.29, 0.717) is 5.92 Å². The van der Waals surface area contributed by atoms with Crippen LogP contribution in [-0.2, 0) is 6.42 Å². The number of hydrogen-bond donors (Lipinski definition) is 1. The second-order valence-electron chi connectivity index (χ2n) is 4.52. The van der Waals surface area contributed by atoms with E-state index >= 15 is 0 Å². The van der Waals surface area contributed by atoms with E-state index in [4.69, 9.17) is 0 Å². The molecule has 82 valence electrons. The molecule has 0 aromatic heterocycles. The molecule has 1 aliphatic carbocycles. The number of aryl methyl sites for hydroxylation is 1. The van der Waals surface area contributed by atoms with Gasteiger partial charge in [-0.15, -0.1) is 0 Å². The lowest BCUT2D eigenvalue weighted by Gasteiger charge is -2.31. The minimum absolute atomic E-state index is 0.677. The Morgan fingerprint density at radius 3 is 3.00 bits per heavy atom. The van der Waals surface area contributed by atoms with Gasteiger partial charge in [0.25, 0.3) is 0 Å². The number of benzene rings is 1. The van der Waals surface area contributed by atoms with E-state index in [1.807, 2.05) is 7.05 Å². The first-order valence-electron chi connectivity index (χ1n) is 5.65. The fourth-order valence-electron chi connectivity index (χ4n) is 2.56. The molecule has 0 fully saturated rings. The van der Waals surface area contributed by atoms with Crippen LogP contribution in [-0.4, -0.2) is 13.6 Å². The van der Waals surface area contributed by atoms with Gasteiger partial charge in [0, 0.05) is 11.0 Å². The molecule has 1 aromatic carbocycles. The minimum atomic E-state index is 0.677. The molecule has 1 nitrogen and oxygen atoms in total. The maximum absolute atomic E-state index is 3.57. The second kappa shape index (κ2) is 4.67. The van der Waals surface area contributed by atoms with Crippen LogP contribution in [0.25, 0.3) is 0 Å². The van der Waals surface area contributed by atoms with Crippen molar-refractivity contribution in [3.63, 3.8) is 0 Å². The lowest BCUT2D eigenvalue weighted by Crippen LogP contribution is -2.27. The molecule has 1 aromatic rings. The molecule has 2 rings (SSSR count). The zero-order valence-corrected chi connectivity index (χ0v) is 11.0. The maximum Gasteiger partial charge on any atom is 0.0178 e. The summed E-state index contributed by atoms with van der Waals surface area (Å²) in [6, 6.07) is 6.73. The quantitative estimate of drug-likeness (QED) is 0.867. The highest BCUT2D eigenvalue weighted by Gasteiger charge is 2.25. The summed E-state index contributed by atoms with van der Waals surface area (Å²) < 4.78 is 1.21. The van der Waals surface area contributed by atoms with Gasteiger partial charge in [-0.1, -0.05) is 28.9 Å². The molecular weight excluding hydrogens is 250 g/mol. The SMILES string of the molecule is CNCC1c2cc(Br)ccc2CCC1C. The predicted octanol–water partition coefficient (Wildman–Crippen LogP) is 3.33. The van der Waals surface area contributed by atoms with E-state index < -0.39 is 0 Å². The summed E-state index contributed by atoms with van der Waals surface area (Å²) in [4.78, 5) is 0. The van der Waals surface area contributed by atoms with Crippen LogP contribution in [0.2, 0.25) is 0 Å². The Labute approximate surface area is 100 Å². The van der Waals surface area contributed by atoms with E-state index in [1.54, 1.807) is 0 Å². The molecule has 1 N–H and O–H groups in total. The van der Waals surface area contributed by atoms with Gasteiger partial charge in [0.2, 0.25) is 0 Å². The molecule has 2 atom stereocenters. The third kappa shape index (κ3) is 2.26. The summed E-state index contributed by atoms with van der Waals surface area (Å²) in [5.74, 6) is 1.47. The summed E-state index contributed by atoms with van der Waals surface area (Å²) in [6.45, 7) is 3.45. The van der Waals surface area contributed by atoms with Crippen molar-refractivity contribution in [1.29, 1.82) is 0 Å². The van der Waals surface area contributed by atoms with Gasteiger partial charge in [0.05, 0.1) is 0 Å². The van der Waals surface area contributed by atoms with Gasteiger partial charge in [-0.2, -0.15) is 0 Å². The third-order valence-electron chi connectivity index (χ3n) is 3.49. The number of hydrogen-bond acceptors (Lipinski definition) is 1. The van der Waals surface area contributed by atoms with E-state index in [0.717, 1.165) is 12.5 Å². The van der Waals surface area contributed by atoms with Gasteiger partial charge in [-0.3, -0.25) is 0 Å². The highest BCUT2D eigenvalue weighted by atomic mass is 79.9. The molecular formula is C13H18BrN. The maximum atomic E-state index is 3.57. The Morgan fingerprint density at radius 2 is 2.27 bits per heavy atom. The van der Waals surface area contributed by atoms with Gasteiger partial charge in [-0.05, 0) is 55.0 Å². The van der Waals surface area contributed by atoms with E-state index in [1.165, 1.54) is 28.4 Å². The van der Waals surface area contributed by atoms with Crippen molar-refractivity contribution in [2.24, 2.45) is 5.92 Å². The van der Waals surface area contributed by atoms with Crippen LogP contribution >= 0.6 is 15.9 Å². The van der Waals surface area contributed by atoms with Crippen LogP contribution in [0.1, 0.15) is 30.4 Å². The van der Waals surface area contributed by atoms with Crippen molar-refractivity contribution < 1.29 is 0 Å². The lowest BCUT2D eigenvalue weighted by atomic mass is 9.76. The van der Waals surface area contributed by atoms with Crippen molar-refractivity contribution in [2.75, 3.05) is 13.6 Å². The van der Waals surface area contributed by atoms with Gasteiger partial charge >= 0.3 is 0 Å². The Bertz CT molecular complexity index is 348. The van der Waals surface area contributed by atoms with E-state index in [-0.39, 0.29) is 0 Å². The fraction of sp³-hybridized carbons (Fsp3) is 0.538. The zero-order chi connectivity index (χ0) is 10.8. The van der Waals surface area contributed by atoms with Crippen LogP contribution in [0.3, 0.4) is 0 Å². The largest absolute Gasteiger partial charge is 0.319 e. The number of nitrogens with one attached hydrogen (secondary N) is 1. The first-order chi connectivity index (χ1) is 7.22. The fourth-order valence-corrected chi connectivity index (χ4v) is 2.94. The van der Waals surface area contributed by atoms with Crippen LogP contribution in [0.4, 0.5) is 0 Å². The van der Waals surface area contributed by atoms with Crippen LogP contribution in [0.5, 0.6) is 0 Å². The molecule has 0 spiro atoms. The van der Waals surface area contributed by atoms with Gasteiger partial charge in [-0.25, -0.2) is 0 Å². The highest BCUT2D eigenvalue weighted by Crippen LogP contribution is 2.36. The van der Waals surface area contributed by atoms with Crippen molar-refractivity contribution in [3.8, 4) is 0 Å². The molecule has 0 heterocycles.